The zero-order valence-corrected chi connectivity index (χ0v) is 10.3. The summed E-state index contributed by atoms with van der Waals surface area (Å²) in [5, 5.41) is 0. The molecule has 0 aliphatic carbocycles. The smallest absolute Gasteiger partial charge is 0.0236 e. The van der Waals surface area contributed by atoms with E-state index in [4.69, 9.17) is 5.73 Å². The monoisotopic (exact) mass is 218 g/mol. The third-order valence-electron chi connectivity index (χ3n) is 3.71. The van der Waals surface area contributed by atoms with E-state index in [1.807, 2.05) is 0 Å². The average Bonchev–Trinajstić information content (AvgIpc) is 2.27. The van der Waals surface area contributed by atoms with Gasteiger partial charge in [-0.15, -0.1) is 0 Å². The molecular weight excluding hydrogens is 196 g/mol. The molecule has 1 aromatic carbocycles. The summed E-state index contributed by atoms with van der Waals surface area (Å²) in [5.74, 6) is 0.623. The summed E-state index contributed by atoms with van der Waals surface area (Å²) in [6, 6.07) is 9.05. The van der Waals surface area contributed by atoms with E-state index in [0.717, 1.165) is 26.1 Å². The first-order valence-electron chi connectivity index (χ1n) is 6.19. The number of benzene rings is 1. The Morgan fingerprint density at radius 1 is 1.38 bits per heavy atom. The molecule has 2 rings (SSSR count). The SMILES string of the molecule is Cc1ccccc1CN1CCC(N)C(C)C1. The first-order chi connectivity index (χ1) is 7.66. The maximum atomic E-state index is 6.04. The number of hydrogen-bond acceptors (Lipinski definition) is 2. The van der Waals surface area contributed by atoms with Crippen LogP contribution in [0.5, 0.6) is 0 Å². The molecule has 0 aromatic heterocycles. The molecule has 2 unspecified atom stereocenters. The molecule has 0 saturated carbocycles. The van der Waals surface area contributed by atoms with Gasteiger partial charge in [0.05, 0.1) is 0 Å². The number of hydrogen-bond donors (Lipinski definition) is 1. The van der Waals surface area contributed by atoms with Crippen molar-refractivity contribution in [3.8, 4) is 0 Å². The summed E-state index contributed by atoms with van der Waals surface area (Å²) in [5.41, 5.74) is 8.88. The van der Waals surface area contributed by atoms with Crippen LogP contribution in [0.15, 0.2) is 24.3 Å². The molecule has 2 heteroatoms. The minimum absolute atomic E-state index is 0.396. The zero-order chi connectivity index (χ0) is 11.5. The molecule has 88 valence electrons. The fraction of sp³-hybridized carbons (Fsp3) is 0.571. The molecule has 2 N–H and O–H groups in total. The maximum absolute atomic E-state index is 6.04. The maximum Gasteiger partial charge on any atom is 0.0236 e. The molecule has 1 saturated heterocycles. The summed E-state index contributed by atoms with van der Waals surface area (Å²) in [6.07, 6.45) is 1.13. The van der Waals surface area contributed by atoms with Crippen molar-refractivity contribution >= 4 is 0 Å². The highest BCUT2D eigenvalue weighted by Crippen LogP contribution is 2.18. The van der Waals surface area contributed by atoms with Gasteiger partial charge in [0.25, 0.3) is 0 Å². The van der Waals surface area contributed by atoms with Gasteiger partial charge in [0.15, 0.2) is 0 Å². The van der Waals surface area contributed by atoms with Gasteiger partial charge < -0.3 is 5.73 Å². The number of aryl methyl sites for hydroxylation is 1. The van der Waals surface area contributed by atoms with Crippen LogP contribution in [0, 0.1) is 12.8 Å². The fourth-order valence-corrected chi connectivity index (χ4v) is 2.42. The number of likely N-dealkylation sites (tertiary alicyclic amines) is 1. The second-order valence-corrected chi connectivity index (χ2v) is 5.09. The summed E-state index contributed by atoms with van der Waals surface area (Å²) in [7, 11) is 0. The minimum Gasteiger partial charge on any atom is -0.327 e. The molecule has 16 heavy (non-hydrogen) atoms. The first-order valence-corrected chi connectivity index (χ1v) is 6.19. The van der Waals surface area contributed by atoms with Crippen LogP contribution in [0.2, 0.25) is 0 Å². The summed E-state index contributed by atoms with van der Waals surface area (Å²) in [6.45, 7) is 7.79. The van der Waals surface area contributed by atoms with E-state index in [9.17, 15) is 0 Å². The Bertz CT molecular complexity index is 348. The molecule has 0 bridgehead atoms. The molecule has 2 nitrogen and oxygen atoms in total. The number of piperidine rings is 1. The van der Waals surface area contributed by atoms with Gasteiger partial charge in [0.2, 0.25) is 0 Å². The summed E-state index contributed by atoms with van der Waals surface area (Å²) in [4.78, 5) is 2.52. The van der Waals surface area contributed by atoms with E-state index < -0.39 is 0 Å². The van der Waals surface area contributed by atoms with Crippen molar-refractivity contribution in [3.63, 3.8) is 0 Å². The second-order valence-electron chi connectivity index (χ2n) is 5.09. The van der Waals surface area contributed by atoms with E-state index in [1.165, 1.54) is 11.1 Å². The van der Waals surface area contributed by atoms with Gasteiger partial charge in [-0.25, -0.2) is 0 Å². The van der Waals surface area contributed by atoms with Crippen molar-refractivity contribution in [2.75, 3.05) is 13.1 Å². The van der Waals surface area contributed by atoms with Crippen molar-refractivity contribution < 1.29 is 0 Å². The third kappa shape index (κ3) is 2.63. The average molecular weight is 218 g/mol. The highest BCUT2D eigenvalue weighted by atomic mass is 15.1. The first kappa shape index (κ1) is 11.6. The van der Waals surface area contributed by atoms with Crippen LogP contribution in [0.4, 0.5) is 0 Å². The van der Waals surface area contributed by atoms with E-state index >= 15 is 0 Å². The molecule has 0 spiro atoms. The van der Waals surface area contributed by atoms with Gasteiger partial charge in [-0.2, -0.15) is 0 Å². The van der Waals surface area contributed by atoms with Crippen molar-refractivity contribution in [1.29, 1.82) is 0 Å². The highest BCUT2D eigenvalue weighted by molar-refractivity contribution is 5.25. The Labute approximate surface area is 98.4 Å². The van der Waals surface area contributed by atoms with Crippen LogP contribution in [0.3, 0.4) is 0 Å². The fourth-order valence-electron chi connectivity index (χ4n) is 2.42. The Morgan fingerprint density at radius 2 is 2.12 bits per heavy atom. The second kappa shape index (κ2) is 4.98. The van der Waals surface area contributed by atoms with Crippen molar-refractivity contribution in [1.82, 2.24) is 4.90 Å². The molecule has 1 aliphatic heterocycles. The number of nitrogens with two attached hydrogens (primary N) is 1. The van der Waals surface area contributed by atoms with Gasteiger partial charge in [0, 0.05) is 19.1 Å². The molecular formula is C14H22N2. The van der Waals surface area contributed by atoms with E-state index in [-0.39, 0.29) is 0 Å². The normalized spacial score (nSPS) is 26.9. The van der Waals surface area contributed by atoms with Gasteiger partial charge >= 0.3 is 0 Å². The van der Waals surface area contributed by atoms with E-state index in [2.05, 4.69) is 43.0 Å². The number of rotatable bonds is 2. The predicted octanol–water partition coefficient (Wildman–Crippen LogP) is 2.16. The van der Waals surface area contributed by atoms with Crippen LogP contribution < -0.4 is 5.73 Å². The minimum atomic E-state index is 0.396. The molecule has 1 fully saturated rings. The Kier molecular flexibility index (Phi) is 3.62. The Balaban J connectivity index is 1.98. The largest absolute Gasteiger partial charge is 0.327 e. The molecule has 1 aliphatic rings. The molecule has 0 amide bonds. The van der Waals surface area contributed by atoms with Gasteiger partial charge in [-0.3, -0.25) is 4.90 Å². The number of nitrogens with zero attached hydrogens (tertiary/aromatic N) is 1. The van der Waals surface area contributed by atoms with Crippen LogP contribution in [0.1, 0.15) is 24.5 Å². The van der Waals surface area contributed by atoms with Crippen molar-refractivity contribution in [3.05, 3.63) is 35.4 Å². The zero-order valence-electron chi connectivity index (χ0n) is 10.3. The van der Waals surface area contributed by atoms with Gasteiger partial charge in [-0.05, 0) is 36.9 Å². The molecule has 1 heterocycles. The molecule has 1 aromatic rings. The van der Waals surface area contributed by atoms with Crippen LogP contribution >= 0.6 is 0 Å². The van der Waals surface area contributed by atoms with Crippen molar-refractivity contribution in [2.45, 2.75) is 32.9 Å². The summed E-state index contributed by atoms with van der Waals surface area (Å²) >= 11 is 0. The van der Waals surface area contributed by atoms with Crippen molar-refractivity contribution in [2.24, 2.45) is 11.7 Å². The highest BCUT2D eigenvalue weighted by Gasteiger charge is 2.22. The Hall–Kier alpha value is -0.860. The quantitative estimate of drug-likeness (QED) is 0.824. The summed E-state index contributed by atoms with van der Waals surface area (Å²) < 4.78 is 0. The van der Waals surface area contributed by atoms with Gasteiger partial charge in [-0.1, -0.05) is 31.2 Å². The van der Waals surface area contributed by atoms with E-state index in [1.54, 1.807) is 0 Å². The lowest BCUT2D eigenvalue weighted by Gasteiger charge is -2.35. The van der Waals surface area contributed by atoms with Crippen LogP contribution in [-0.2, 0) is 6.54 Å². The van der Waals surface area contributed by atoms with Crippen LogP contribution in [-0.4, -0.2) is 24.0 Å². The van der Waals surface area contributed by atoms with Crippen LogP contribution in [0.25, 0.3) is 0 Å². The predicted molar refractivity (Wildman–Crippen MR) is 68.2 cm³/mol. The third-order valence-corrected chi connectivity index (χ3v) is 3.71. The van der Waals surface area contributed by atoms with Gasteiger partial charge in [0.1, 0.15) is 0 Å². The topological polar surface area (TPSA) is 29.3 Å². The molecule has 2 atom stereocenters. The lowest BCUT2D eigenvalue weighted by molar-refractivity contribution is 0.157. The lowest BCUT2D eigenvalue weighted by Crippen LogP contribution is -2.45. The standard InChI is InChI=1S/C14H22N2/c1-11-5-3-4-6-13(11)10-16-8-7-14(15)12(2)9-16/h3-6,12,14H,7-10,15H2,1-2H3. The Morgan fingerprint density at radius 3 is 2.81 bits per heavy atom. The lowest BCUT2D eigenvalue weighted by atomic mass is 9.94. The van der Waals surface area contributed by atoms with E-state index in [0.29, 0.717) is 12.0 Å². The molecule has 0 radical (unpaired) electrons.